The van der Waals surface area contributed by atoms with E-state index in [1.54, 1.807) is 12.1 Å². The highest BCUT2D eigenvalue weighted by atomic mass is 16.8. The van der Waals surface area contributed by atoms with Crippen molar-refractivity contribution in [3.63, 3.8) is 0 Å². The minimum Gasteiger partial charge on any atom is -0.456 e. The lowest BCUT2D eigenvalue weighted by molar-refractivity contribution is -0.172. The second-order valence-corrected chi connectivity index (χ2v) is 12.9. The molecule has 2 aromatic carbocycles. The van der Waals surface area contributed by atoms with Crippen molar-refractivity contribution in [3.05, 3.63) is 88.5 Å². The molecular formula is C36H40N2O8. The zero-order valence-corrected chi connectivity index (χ0v) is 25.7. The molecule has 0 radical (unpaired) electrons. The fourth-order valence-corrected chi connectivity index (χ4v) is 7.18. The van der Waals surface area contributed by atoms with Crippen LogP contribution >= 0.6 is 0 Å². The molecule has 242 valence electrons. The molecule has 2 aliphatic heterocycles. The molecule has 3 fully saturated rings. The van der Waals surface area contributed by atoms with Crippen molar-refractivity contribution < 1.29 is 38.4 Å². The number of allylic oxidation sites excluding steroid dienone is 1. The molecule has 0 aromatic heterocycles. The number of fused-ring (bicyclic) bond motifs is 3. The summed E-state index contributed by atoms with van der Waals surface area (Å²) in [5, 5.41) is 14.3. The maximum atomic E-state index is 13.6. The summed E-state index contributed by atoms with van der Waals surface area (Å²) in [7, 11) is 0. The van der Waals surface area contributed by atoms with Crippen molar-refractivity contribution >= 4 is 23.9 Å². The molecule has 0 bridgehead atoms. The molecule has 2 aromatic rings. The monoisotopic (exact) mass is 628 g/mol. The van der Waals surface area contributed by atoms with Crippen LogP contribution in [-0.4, -0.2) is 78.9 Å². The third-order valence-electron chi connectivity index (χ3n) is 9.57. The van der Waals surface area contributed by atoms with Gasteiger partial charge in [0, 0.05) is 44.3 Å². The predicted molar refractivity (Wildman–Crippen MR) is 167 cm³/mol. The predicted octanol–water partition coefficient (Wildman–Crippen LogP) is 3.02. The topological polar surface area (TPSA) is 136 Å². The zero-order chi connectivity index (χ0) is 31.7. The average Bonchev–Trinajstić information content (AvgIpc) is 3.62. The number of nitrogens with one attached hydrogen (secondary N) is 2. The van der Waals surface area contributed by atoms with Gasteiger partial charge in [0.05, 0.1) is 24.4 Å². The molecule has 2 heterocycles. The average molecular weight is 629 g/mol. The van der Waals surface area contributed by atoms with Crippen LogP contribution < -0.4 is 10.6 Å². The van der Waals surface area contributed by atoms with Crippen LogP contribution in [0.25, 0.3) is 6.08 Å². The Bertz CT molecular complexity index is 1530. The first-order chi connectivity index (χ1) is 22.4. The van der Waals surface area contributed by atoms with E-state index in [4.69, 9.17) is 24.1 Å². The maximum Gasteiger partial charge on any atom is 0.338 e. The van der Waals surface area contributed by atoms with Gasteiger partial charge >= 0.3 is 5.97 Å². The Labute approximate surface area is 268 Å². The molecule has 2 saturated heterocycles. The summed E-state index contributed by atoms with van der Waals surface area (Å²) in [6, 6.07) is 15.5. The van der Waals surface area contributed by atoms with Crippen molar-refractivity contribution in [1.82, 2.24) is 10.6 Å². The molecule has 10 nitrogen and oxygen atoms in total. The minimum atomic E-state index is -0.897. The van der Waals surface area contributed by atoms with Gasteiger partial charge in [-0.3, -0.25) is 9.59 Å². The number of amides is 2. The number of hydrogen-bond acceptors (Lipinski definition) is 8. The Morgan fingerprint density at radius 3 is 2.59 bits per heavy atom. The Balaban J connectivity index is 1.05. The van der Waals surface area contributed by atoms with E-state index >= 15 is 0 Å². The highest BCUT2D eigenvalue weighted by Gasteiger charge is 2.55. The van der Waals surface area contributed by atoms with Gasteiger partial charge in [0.25, 0.3) is 0 Å². The molecule has 7 rings (SSSR count). The summed E-state index contributed by atoms with van der Waals surface area (Å²) in [5.41, 5.74) is 4.06. The van der Waals surface area contributed by atoms with E-state index in [1.165, 1.54) is 0 Å². The highest BCUT2D eigenvalue weighted by Crippen LogP contribution is 2.45. The van der Waals surface area contributed by atoms with E-state index < -0.39 is 30.1 Å². The molecule has 10 heteroatoms. The SMILES string of the molecule is O=C(CCNC(=O)C1=CC2OC3(Cc4ccccc4C3)OC2C(OC(=O)c2cccc(C=CC3CCC4OC4C3)c2)C1)NCCO. The van der Waals surface area contributed by atoms with Crippen molar-refractivity contribution in [3.8, 4) is 0 Å². The number of aliphatic hydroxyl groups is 1. The largest absolute Gasteiger partial charge is 0.456 e. The summed E-state index contributed by atoms with van der Waals surface area (Å²) in [5.74, 6) is -1.54. The molecule has 6 atom stereocenters. The summed E-state index contributed by atoms with van der Waals surface area (Å²) >= 11 is 0. The number of carbonyl (C=O) groups is 3. The third kappa shape index (κ3) is 6.80. The minimum absolute atomic E-state index is 0.0743. The number of esters is 1. The molecule has 1 spiro atoms. The van der Waals surface area contributed by atoms with Crippen LogP contribution in [-0.2, 0) is 41.4 Å². The van der Waals surface area contributed by atoms with Gasteiger partial charge in [-0.05, 0) is 60.1 Å². The van der Waals surface area contributed by atoms with Crippen LogP contribution in [0, 0.1) is 5.92 Å². The summed E-state index contributed by atoms with van der Waals surface area (Å²) in [4.78, 5) is 38.7. The number of benzene rings is 2. The van der Waals surface area contributed by atoms with E-state index in [2.05, 4.69) is 34.9 Å². The van der Waals surface area contributed by atoms with Crippen molar-refractivity contribution in [1.29, 1.82) is 0 Å². The van der Waals surface area contributed by atoms with Gasteiger partial charge in [-0.15, -0.1) is 0 Å². The van der Waals surface area contributed by atoms with Crippen LogP contribution in [0.5, 0.6) is 0 Å². The van der Waals surface area contributed by atoms with E-state index in [-0.39, 0.29) is 44.4 Å². The Morgan fingerprint density at radius 1 is 0.978 bits per heavy atom. The number of ether oxygens (including phenoxy) is 4. The standard InChI is InChI=1S/C36H40N2O8/c39-15-14-37-32(40)12-13-38-34(41)27-18-30(33-31(19-27)45-36(46-33)20-25-5-1-2-6-26(25)21-36)44-35(42)24-7-3-4-22(16-24)8-9-23-10-11-28-29(17-23)43-28/h1-9,16,19,23,28-31,33,39H,10-15,17-18,20-21H2,(H,37,40)(H,38,41). The first-order valence-corrected chi connectivity index (χ1v) is 16.3. The molecule has 1 saturated carbocycles. The van der Waals surface area contributed by atoms with E-state index in [9.17, 15) is 14.4 Å². The Hall–Kier alpha value is -3.83. The Morgan fingerprint density at radius 2 is 1.80 bits per heavy atom. The maximum absolute atomic E-state index is 13.6. The van der Waals surface area contributed by atoms with Gasteiger partial charge in [0.1, 0.15) is 18.3 Å². The molecule has 2 amide bonds. The first-order valence-electron chi connectivity index (χ1n) is 16.3. The van der Waals surface area contributed by atoms with Gasteiger partial charge < -0.3 is 34.7 Å². The van der Waals surface area contributed by atoms with Crippen molar-refractivity contribution in [2.24, 2.45) is 5.92 Å². The van der Waals surface area contributed by atoms with E-state index in [0.29, 0.717) is 42.1 Å². The lowest BCUT2D eigenvalue weighted by Crippen LogP contribution is -2.44. The molecular weight excluding hydrogens is 588 g/mol. The lowest BCUT2D eigenvalue weighted by atomic mass is 9.88. The van der Waals surface area contributed by atoms with Crippen molar-refractivity contribution in [2.75, 3.05) is 19.7 Å². The molecule has 3 N–H and O–H groups in total. The van der Waals surface area contributed by atoms with Gasteiger partial charge in [0.2, 0.25) is 11.8 Å². The summed E-state index contributed by atoms with van der Waals surface area (Å²) in [6.45, 7) is 0.130. The fraction of sp³-hybridized carbons (Fsp3) is 0.472. The van der Waals surface area contributed by atoms with Gasteiger partial charge in [-0.25, -0.2) is 4.79 Å². The molecule has 5 aliphatic rings. The lowest BCUT2D eigenvalue weighted by Gasteiger charge is -2.30. The van der Waals surface area contributed by atoms with Crippen LogP contribution in [0.2, 0.25) is 0 Å². The molecule has 6 unspecified atom stereocenters. The van der Waals surface area contributed by atoms with Crippen LogP contribution in [0.3, 0.4) is 0 Å². The number of hydrogen-bond donors (Lipinski definition) is 3. The zero-order valence-electron chi connectivity index (χ0n) is 25.7. The van der Waals surface area contributed by atoms with Crippen molar-refractivity contribution in [2.45, 2.75) is 81.3 Å². The van der Waals surface area contributed by atoms with Crippen LogP contribution in [0.15, 0.2) is 66.3 Å². The number of aliphatic hydroxyl groups excluding tert-OH is 1. The normalized spacial score (nSPS) is 28.6. The van der Waals surface area contributed by atoms with E-state index in [0.717, 1.165) is 36.0 Å². The molecule has 46 heavy (non-hydrogen) atoms. The smallest absolute Gasteiger partial charge is 0.338 e. The third-order valence-corrected chi connectivity index (χ3v) is 9.57. The highest BCUT2D eigenvalue weighted by molar-refractivity contribution is 5.94. The van der Waals surface area contributed by atoms with Gasteiger partial charge in [0.15, 0.2) is 5.79 Å². The second kappa shape index (κ2) is 13.1. The number of rotatable bonds is 10. The van der Waals surface area contributed by atoms with Gasteiger partial charge in [-0.1, -0.05) is 48.6 Å². The summed E-state index contributed by atoms with van der Waals surface area (Å²) < 4.78 is 24.9. The number of carbonyl (C=O) groups excluding carboxylic acids is 3. The Kier molecular flexibility index (Phi) is 8.78. The summed E-state index contributed by atoms with van der Waals surface area (Å²) in [6.07, 6.45) is 9.58. The second-order valence-electron chi connectivity index (χ2n) is 12.9. The van der Waals surface area contributed by atoms with Crippen LogP contribution in [0.4, 0.5) is 0 Å². The van der Waals surface area contributed by atoms with Crippen LogP contribution in [0.1, 0.15) is 59.2 Å². The van der Waals surface area contributed by atoms with Gasteiger partial charge in [-0.2, -0.15) is 0 Å². The molecule has 3 aliphatic carbocycles. The van der Waals surface area contributed by atoms with E-state index in [1.807, 2.05) is 30.3 Å². The fourth-order valence-electron chi connectivity index (χ4n) is 7.18. The quantitative estimate of drug-likeness (QED) is 0.270. The number of epoxide rings is 1. The first kappa shape index (κ1) is 30.8.